The van der Waals surface area contributed by atoms with Crippen molar-refractivity contribution in [2.45, 2.75) is 32.1 Å². The minimum atomic E-state index is -3.68. The lowest BCUT2D eigenvalue weighted by atomic mass is 10.1. The fraction of sp³-hybridized carbons (Fsp3) is 1.00. The van der Waals surface area contributed by atoms with Gasteiger partial charge in [-0.3, -0.25) is 0 Å². The molecule has 0 amide bonds. The van der Waals surface area contributed by atoms with Crippen molar-refractivity contribution in [2.24, 2.45) is 0 Å². The highest BCUT2D eigenvalue weighted by molar-refractivity contribution is 7.81. The Morgan fingerprint density at radius 2 is 1.15 bits per heavy atom. The number of rotatable bonds is 0. The monoisotopic (exact) mass is 212 g/mol. The van der Waals surface area contributed by atoms with Crippen LogP contribution in [-0.2, 0) is 18.8 Å². The van der Waals surface area contributed by atoms with E-state index in [-0.39, 0.29) is 18.7 Å². The summed E-state index contributed by atoms with van der Waals surface area (Å²) in [5, 5.41) is 0. The van der Waals surface area contributed by atoms with E-state index in [9.17, 15) is 8.42 Å². The molecule has 5 nitrogen and oxygen atoms in total. The molecule has 0 saturated carbocycles. The van der Waals surface area contributed by atoms with Gasteiger partial charge in [-0.2, -0.15) is 8.42 Å². The van der Waals surface area contributed by atoms with E-state index in [0.717, 1.165) is 32.1 Å². The molecule has 0 aromatic rings. The summed E-state index contributed by atoms with van der Waals surface area (Å²) in [6.45, 7) is 0.505. The second kappa shape index (κ2) is 6.31. The summed E-state index contributed by atoms with van der Waals surface area (Å²) < 4.78 is 30.8. The summed E-state index contributed by atoms with van der Waals surface area (Å²) >= 11 is 0. The van der Waals surface area contributed by atoms with E-state index in [1.54, 1.807) is 0 Å². The van der Waals surface area contributed by atoms with Gasteiger partial charge in [0.15, 0.2) is 0 Å². The van der Waals surface area contributed by atoms with Gasteiger partial charge in [-0.1, -0.05) is 19.3 Å². The molecule has 0 aliphatic carbocycles. The molecule has 1 aliphatic heterocycles. The van der Waals surface area contributed by atoms with Crippen LogP contribution in [0.5, 0.6) is 0 Å². The predicted octanol–water partition coefficient (Wildman–Crippen LogP) is 0.404. The molecule has 0 aromatic carbocycles. The van der Waals surface area contributed by atoms with Crippen molar-refractivity contribution < 1.29 is 22.3 Å². The van der Waals surface area contributed by atoms with Crippen molar-refractivity contribution in [3.63, 3.8) is 0 Å². The molecule has 2 N–H and O–H groups in total. The van der Waals surface area contributed by atoms with Crippen molar-refractivity contribution in [2.75, 3.05) is 13.2 Å². The van der Waals surface area contributed by atoms with Crippen LogP contribution < -0.4 is 0 Å². The molecule has 0 aromatic heterocycles. The first-order chi connectivity index (χ1) is 5.71. The van der Waals surface area contributed by atoms with E-state index < -0.39 is 10.4 Å². The van der Waals surface area contributed by atoms with E-state index >= 15 is 0 Å². The molecule has 80 valence electrons. The van der Waals surface area contributed by atoms with Gasteiger partial charge in [0.25, 0.3) is 0 Å². The second-order valence-electron chi connectivity index (χ2n) is 2.82. The molecule has 0 radical (unpaired) electrons. The van der Waals surface area contributed by atoms with Crippen molar-refractivity contribution in [3.05, 3.63) is 0 Å². The Balaban J connectivity index is 0.00000144. The third kappa shape index (κ3) is 5.98. The summed E-state index contributed by atoms with van der Waals surface area (Å²) in [7, 11) is -3.68. The molecule has 0 unspecified atom stereocenters. The maximum absolute atomic E-state index is 10.8. The lowest BCUT2D eigenvalue weighted by Gasteiger charge is -2.08. The van der Waals surface area contributed by atoms with Crippen LogP contribution in [-0.4, -0.2) is 27.1 Å². The predicted molar refractivity (Wildman–Crippen MR) is 47.5 cm³/mol. The highest BCUT2D eigenvalue weighted by Gasteiger charge is 2.11. The second-order valence-corrected chi connectivity index (χ2v) is 4.11. The van der Waals surface area contributed by atoms with E-state index in [0.29, 0.717) is 0 Å². The Morgan fingerprint density at radius 3 is 1.62 bits per heavy atom. The zero-order valence-corrected chi connectivity index (χ0v) is 8.31. The van der Waals surface area contributed by atoms with Crippen molar-refractivity contribution in [3.8, 4) is 0 Å². The minimum absolute atomic E-state index is 0. The molecule has 1 fully saturated rings. The molecular formula is C7H16O5S. The Morgan fingerprint density at radius 1 is 0.769 bits per heavy atom. The molecule has 0 bridgehead atoms. The van der Waals surface area contributed by atoms with Gasteiger partial charge in [0, 0.05) is 0 Å². The lowest BCUT2D eigenvalue weighted by molar-refractivity contribution is 0.201. The zero-order valence-electron chi connectivity index (χ0n) is 7.49. The molecule has 6 heteroatoms. The average Bonchev–Trinajstić information content (AvgIpc) is 2.02. The third-order valence-electron chi connectivity index (χ3n) is 1.74. The SMILES string of the molecule is O.O=S1(=O)OCCCCCCCO1. The van der Waals surface area contributed by atoms with Crippen LogP contribution in [0.1, 0.15) is 32.1 Å². The summed E-state index contributed by atoms with van der Waals surface area (Å²) in [6.07, 6.45) is 4.79. The van der Waals surface area contributed by atoms with Gasteiger partial charge in [0.2, 0.25) is 0 Å². The van der Waals surface area contributed by atoms with E-state index in [2.05, 4.69) is 8.37 Å². The minimum Gasteiger partial charge on any atom is -0.412 e. The molecule has 0 spiro atoms. The topological polar surface area (TPSA) is 84.1 Å². The highest BCUT2D eigenvalue weighted by Crippen LogP contribution is 2.08. The largest absolute Gasteiger partial charge is 0.412 e. The van der Waals surface area contributed by atoms with Crippen LogP contribution in [0.15, 0.2) is 0 Å². The maximum atomic E-state index is 10.8. The molecule has 1 rings (SSSR count). The molecule has 1 heterocycles. The Bertz CT molecular complexity index is 195. The van der Waals surface area contributed by atoms with Crippen LogP contribution >= 0.6 is 0 Å². The van der Waals surface area contributed by atoms with Gasteiger partial charge < -0.3 is 5.48 Å². The van der Waals surface area contributed by atoms with Crippen LogP contribution in [0.25, 0.3) is 0 Å². The summed E-state index contributed by atoms with van der Waals surface area (Å²) in [5.41, 5.74) is 0. The van der Waals surface area contributed by atoms with Gasteiger partial charge in [-0.25, -0.2) is 8.37 Å². The average molecular weight is 212 g/mol. The summed E-state index contributed by atoms with van der Waals surface area (Å²) in [6, 6.07) is 0. The molecule has 1 saturated heterocycles. The quantitative estimate of drug-likeness (QED) is 0.582. The third-order valence-corrected chi connectivity index (χ3v) is 2.65. The molecular weight excluding hydrogens is 196 g/mol. The molecule has 1 aliphatic rings. The van der Waals surface area contributed by atoms with E-state index in [1.165, 1.54) is 0 Å². The van der Waals surface area contributed by atoms with E-state index in [4.69, 9.17) is 0 Å². The first-order valence-corrected chi connectivity index (χ1v) is 5.58. The summed E-state index contributed by atoms with van der Waals surface area (Å²) in [5.74, 6) is 0. The number of hydrogen-bond acceptors (Lipinski definition) is 4. The highest BCUT2D eigenvalue weighted by atomic mass is 32.3. The lowest BCUT2D eigenvalue weighted by Crippen LogP contribution is -2.13. The van der Waals surface area contributed by atoms with Crippen LogP contribution in [0.2, 0.25) is 0 Å². The summed E-state index contributed by atoms with van der Waals surface area (Å²) in [4.78, 5) is 0. The van der Waals surface area contributed by atoms with E-state index in [1.807, 2.05) is 0 Å². The Hall–Kier alpha value is -0.170. The van der Waals surface area contributed by atoms with Crippen molar-refractivity contribution in [1.29, 1.82) is 0 Å². The van der Waals surface area contributed by atoms with Crippen LogP contribution in [0.4, 0.5) is 0 Å². The maximum Gasteiger partial charge on any atom is 0.399 e. The van der Waals surface area contributed by atoms with Gasteiger partial charge in [-0.15, -0.1) is 0 Å². The van der Waals surface area contributed by atoms with Gasteiger partial charge >= 0.3 is 10.4 Å². The van der Waals surface area contributed by atoms with Crippen LogP contribution in [0, 0.1) is 0 Å². The fourth-order valence-electron chi connectivity index (χ4n) is 1.09. The first kappa shape index (κ1) is 12.8. The molecule has 0 atom stereocenters. The fourth-order valence-corrected chi connectivity index (χ4v) is 1.80. The van der Waals surface area contributed by atoms with Gasteiger partial charge in [0.05, 0.1) is 13.2 Å². The van der Waals surface area contributed by atoms with Crippen molar-refractivity contribution >= 4 is 10.4 Å². The first-order valence-electron chi connectivity index (χ1n) is 4.24. The van der Waals surface area contributed by atoms with Crippen LogP contribution in [0.3, 0.4) is 0 Å². The standard InChI is InChI=1S/C7H14O4S.H2O/c8-12(9)10-6-4-2-1-3-5-7-11-12;/h1-7H2;1H2. The Labute approximate surface area is 78.7 Å². The van der Waals surface area contributed by atoms with Crippen molar-refractivity contribution in [1.82, 2.24) is 0 Å². The Kier molecular flexibility index (Phi) is 6.23. The number of hydrogen-bond donors (Lipinski definition) is 0. The normalized spacial score (nSPS) is 24.3. The zero-order chi connectivity index (χ0) is 8.86. The van der Waals surface area contributed by atoms with Gasteiger partial charge in [-0.05, 0) is 12.8 Å². The van der Waals surface area contributed by atoms with Gasteiger partial charge in [0.1, 0.15) is 0 Å². The smallest absolute Gasteiger partial charge is 0.399 e. The molecule has 13 heavy (non-hydrogen) atoms.